The van der Waals surface area contributed by atoms with Crippen molar-refractivity contribution in [1.82, 2.24) is 4.90 Å². The molecule has 1 amide bonds. The van der Waals surface area contributed by atoms with E-state index in [0.717, 1.165) is 17.7 Å². The second-order valence-corrected chi connectivity index (χ2v) is 6.57. The Morgan fingerprint density at radius 2 is 1.76 bits per heavy atom. The van der Waals surface area contributed by atoms with Crippen molar-refractivity contribution < 1.29 is 9.18 Å². The Balaban J connectivity index is 2.07. The molecule has 0 aliphatic heterocycles. The molecule has 0 saturated heterocycles. The lowest BCUT2D eigenvalue weighted by molar-refractivity contribution is -0.120. The van der Waals surface area contributed by atoms with Crippen LogP contribution in [0.1, 0.15) is 44.2 Å². The molecule has 0 spiro atoms. The predicted octanol–water partition coefficient (Wildman–Crippen LogP) is 4.80. The lowest BCUT2D eigenvalue weighted by atomic mass is 9.97. The highest BCUT2D eigenvalue weighted by Crippen LogP contribution is 2.26. The predicted molar refractivity (Wildman–Crippen MR) is 101 cm³/mol. The van der Waals surface area contributed by atoms with Gasteiger partial charge in [-0.15, -0.1) is 0 Å². The van der Waals surface area contributed by atoms with E-state index in [4.69, 9.17) is 0 Å². The van der Waals surface area contributed by atoms with Gasteiger partial charge in [-0.05, 0) is 44.0 Å². The second-order valence-electron chi connectivity index (χ2n) is 6.57. The summed E-state index contributed by atoms with van der Waals surface area (Å²) in [5, 5.41) is 3.03. The third kappa shape index (κ3) is 4.89. The highest BCUT2D eigenvalue weighted by atomic mass is 19.1. The van der Waals surface area contributed by atoms with Gasteiger partial charge in [0.2, 0.25) is 5.91 Å². The maximum absolute atomic E-state index is 13.8. The second kappa shape index (κ2) is 8.77. The smallest absolute Gasteiger partial charge is 0.241 e. The van der Waals surface area contributed by atoms with Crippen molar-refractivity contribution in [2.24, 2.45) is 0 Å². The molecule has 0 bridgehead atoms. The van der Waals surface area contributed by atoms with Crippen LogP contribution in [0.15, 0.2) is 48.5 Å². The first kappa shape index (κ1) is 19.1. The summed E-state index contributed by atoms with van der Waals surface area (Å²) < 4.78 is 13.8. The molecule has 1 N–H and O–H groups in total. The van der Waals surface area contributed by atoms with Gasteiger partial charge in [-0.1, -0.05) is 50.2 Å². The van der Waals surface area contributed by atoms with Crippen molar-refractivity contribution in [3.63, 3.8) is 0 Å². The Labute approximate surface area is 149 Å². The molecule has 2 rings (SSSR count). The molecule has 0 unspecified atom stereocenters. The fourth-order valence-electron chi connectivity index (χ4n) is 2.73. The Hall–Kier alpha value is -2.20. The van der Waals surface area contributed by atoms with Crippen LogP contribution >= 0.6 is 0 Å². The molecule has 3 nitrogen and oxygen atoms in total. The van der Waals surface area contributed by atoms with E-state index in [2.05, 4.69) is 25.2 Å². The minimum absolute atomic E-state index is 0.0883. The van der Waals surface area contributed by atoms with Crippen LogP contribution in [0.25, 0.3) is 0 Å². The zero-order chi connectivity index (χ0) is 18.4. The van der Waals surface area contributed by atoms with Crippen LogP contribution < -0.4 is 5.32 Å². The maximum Gasteiger partial charge on any atom is 0.241 e. The quantitative estimate of drug-likeness (QED) is 0.784. The lowest BCUT2D eigenvalue weighted by Gasteiger charge is -2.25. The molecule has 0 heterocycles. The average molecular weight is 342 g/mol. The van der Waals surface area contributed by atoms with E-state index in [1.165, 1.54) is 6.07 Å². The summed E-state index contributed by atoms with van der Waals surface area (Å²) in [6, 6.07) is 14.2. The van der Waals surface area contributed by atoms with Crippen molar-refractivity contribution in [2.75, 3.05) is 12.4 Å². The van der Waals surface area contributed by atoms with E-state index in [0.29, 0.717) is 18.0 Å². The molecule has 2 aromatic carbocycles. The van der Waals surface area contributed by atoms with Crippen molar-refractivity contribution >= 4 is 11.6 Å². The zero-order valence-electron chi connectivity index (χ0n) is 15.4. The Morgan fingerprint density at radius 1 is 1.12 bits per heavy atom. The van der Waals surface area contributed by atoms with Gasteiger partial charge in [0.25, 0.3) is 0 Å². The number of halogens is 1. The van der Waals surface area contributed by atoms with Gasteiger partial charge in [0.15, 0.2) is 0 Å². The molecule has 4 heteroatoms. The number of nitrogens with zero attached hydrogens (tertiary/aromatic N) is 1. The van der Waals surface area contributed by atoms with Crippen LogP contribution in [0.5, 0.6) is 0 Å². The first-order valence-electron chi connectivity index (χ1n) is 8.77. The summed E-state index contributed by atoms with van der Waals surface area (Å²) in [7, 11) is 1.83. The molecule has 0 aliphatic carbocycles. The van der Waals surface area contributed by atoms with E-state index in [1.807, 2.05) is 37.1 Å². The summed E-state index contributed by atoms with van der Waals surface area (Å²) in [5.74, 6) is 0.0432. The van der Waals surface area contributed by atoms with Gasteiger partial charge < -0.3 is 5.32 Å². The van der Waals surface area contributed by atoms with Gasteiger partial charge in [-0.3, -0.25) is 9.69 Å². The Kier molecular flexibility index (Phi) is 6.71. The van der Waals surface area contributed by atoms with Gasteiger partial charge in [0, 0.05) is 17.8 Å². The Morgan fingerprint density at radius 3 is 2.44 bits per heavy atom. The number of hydrogen-bond donors (Lipinski definition) is 1. The third-order valence-corrected chi connectivity index (χ3v) is 4.78. The Bertz CT molecular complexity index is 717. The number of carbonyl (C=O) groups is 1. The minimum Gasteiger partial charge on any atom is -0.324 e. The fraction of sp³-hybridized carbons (Fsp3) is 0.381. The standard InChI is InChI=1S/C21H27FN2O/c1-5-15(2)18-11-7-9-13-20(18)23-21(25)16(3)24(4)14-17-10-6-8-12-19(17)22/h6-13,15-16H,5,14H2,1-4H3,(H,23,25)/t15-,16-/m0/s1. The first-order chi connectivity index (χ1) is 11.9. The van der Waals surface area contributed by atoms with Crippen LogP contribution in [0.4, 0.5) is 10.1 Å². The average Bonchev–Trinajstić information content (AvgIpc) is 2.62. The summed E-state index contributed by atoms with van der Waals surface area (Å²) in [4.78, 5) is 14.5. The first-order valence-corrected chi connectivity index (χ1v) is 8.77. The maximum atomic E-state index is 13.8. The van der Waals surface area contributed by atoms with E-state index < -0.39 is 0 Å². The highest BCUT2D eigenvalue weighted by molar-refractivity contribution is 5.95. The van der Waals surface area contributed by atoms with Crippen LogP contribution in [0.3, 0.4) is 0 Å². The number of rotatable bonds is 7. The molecule has 0 aromatic heterocycles. The number of likely N-dealkylation sites (N-methyl/N-ethyl adjacent to an activating group) is 1. The van der Waals surface area contributed by atoms with Crippen molar-refractivity contribution in [1.29, 1.82) is 0 Å². The molecule has 0 fully saturated rings. The van der Waals surface area contributed by atoms with Crippen LogP contribution in [-0.2, 0) is 11.3 Å². The van der Waals surface area contributed by atoms with Gasteiger partial charge in [-0.25, -0.2) is 4.39 Å². The van der Waals surface area contributed by atoms with Crippen LogP contribution in [-0.4, -0.2) is 23.9 Å². The molecule has 0 radical (unpaired) electrons. The minimum atomic E-state index is -0.371. The number of anilines is 1. The zero-order valence-corrected chi connectivity index (χ0v) is 15.4. The fourth-order valence-corrected chi connectivity index (χ4v) is 2.73. The normalized spacial score (nSPS) is 13.5. The molecular formula is C21H27FN2O. The number of carbonyl (C=O) groups excluding carboxylic acids is 1. The lowest BCUT2D eigenvalue weighted by Crippen LogP contribution is -2.39. The molecule has 2 atom stereocenters. The van der Waals surface area contributed by atoms with Gasteiger partial charge in [0.1, 0.15) is 5.82 Å². The van der Waals surface area contributed by atoms with Gasteiger partial charge in [0.05, 0.1) is 6.04 Å². The number of amides is 1. The van der Waals surface area contributed by atoms with E-state index in [-0.39, 0.29) is 17.8 Å². The SMILES string of the molecule is CC[C@H](C)c1ccccc1NC(=O)[C@H](C)N(C)Cc1ccccc1F. The van der Waals surface area contributed by atoms with Crippen LogP contribution in [0, 0.1) is 5.82 Å². The van der Waals surface area contributed by atoms with Gasteiger partial charge in [-0.2, -0.15) is 0 Å². The van der Waals surface area contributed by atoms with E-state index in [9.17, 15) is 9.18 Å². The monoisotopic (exact) mass is 342 g/mol. The van der Waals surface area contributed by atoms with Crippen molar-refractivity contribution in [2.45, 2.75) is 45.7 Å². The summed E-state index contributed by atoms with van der Waals surface area (Å²) in [6.45, 7) is 6.50. The van der Waals surface area contributed by atoms with Gasteiger partial charge >= 0.3 is 0 Å². The molecule has 0 saturated carbocycles. The molecule has 2 aromatic rings. The van der Waals surface area contributed by atoms with E-state index in [1.54, 1.807) is 18.2 Å². The molecular weight excluding hydrogens is 315 g/mol. The van der Waals surface area contributed by atoms with Crippen molar-refractivity contribution in [3.8, 4) is 0 Å². The third-order valence-electron chi connectivity index (χ3n) is 4.78. The molecule has 0 aliphatic rings. The number of nitrogens with one attached hydrogen (secondary N) is 1. The van der Waals surface area contributed by atoms with Crippen molar-refractivity contribution in [3.05, 3.63) is 65.5 Å². The van der Waals surface area contributed by atoms with E-state index >= 15 is 0 Å². The summed E-state index contributed by atoms with van der Waals surface area (Å²) in [5.41, 5.74) is 2.58. The largest absolute Gasteiger partial charge is 0.324 e. The molecule has 25 heavy (non-hydrogen) atoms. The summed E-state index contributed by atoms with van der Waals surface area (Å²) >= 11 is 0. The topological polar surface area (TPSA) is 32.3 Å². The summed E-state index contributed by atoms with van der Waals surface area (Å²) in [6.07, 6.45) is 1.01. The highest BCUT2D eigenvalue weighted by Gasteiger charge is 2.20. The van der Waals surface area contributed by atoms with Crippen LogP contribution in [0.2, 0.25) is 0 Å². The number of hydrogen-bond acceptors (Lipinski definition) is 2. The number of benzene rings is 2. The molecule has 134 valence electrons. The number of para-hydroxylation sites is 1.